The van der Waals surface area contributed by atoms with Crippen LogP contribution in [0.4, 0.5) is 8.78 Å². The van der Waals surface area contributed by atoms with Gasteiger partial charge in [0.2, 0.25) is 0 Å². The van der Waals surface area contributed by atoms with Gasteiger partial charge in [-0.2, -0.15) is 0 Å². The Morgan fingerprint density at radius 2 is 2.11 bits per heavy atom. The van der Waals surface area contributed by atoms with Gasteiger partial charge in [-0.1, -0.05) is 0 Å². The summed E-state index contributed by atoms with van der Waals surface area (Å²) in [6.45, 7) is 0.614. The Balaban J connectivity index is 0.000000810. The van der Waals surface area contributed by atoms with E-state index in [1.54, 1.807) is 0 Å². The molecule has 0 atom stereocenters. The summed E-state index contributed by atoms with van der Waals surface area (Å²) in [6, 6.07) is 0. The third-order valence-corrected chi connectivity index (χ3v) is 1.53. The van der Waals surface area contributed by atoms with Crippen molar-refractivity contribution >= 4 is 0 Å². The van der Waals surface area contributed by atoms with Crippen LogP contribution in [-0.4, -0.2) is 19.0 Å². The minimum atomic E-state index is -2.45. The summed E-state index contributed by atoms with van der Waals surface area (Å²) in [4.78, 5) is 0. The second kappa shape index (κ2) is 2.60. The molecule has 0 aromatic carbocycles. The van der Waals surface area contributed by atoms with Crippen molar-refractivity contribution in [1.82, 2.24) is 5.32 Å². The lowest BCUT2D eigenvalue weighted by atomic mass is 10.2. The molecule has 3 heteroatoms. The van der Waals surface area contributed by atoms with Crippen LogP contribution in [-0.2, 0) is 0 Å². The third kappa shape index (κ3) is 2.26. The van der Waals surface area contributed by atoms with Crippen LogP contribution < -0.4 is 5.32 Å². The molecule has 1 fully saturated rings. The second-order valence-electron chi connectivity index (χ2n) is 2.49. The smallest absolute Gasteiger partial charge is 0.260 e. The van der Waals surface area contributed by atoms with Gasteiger partial charge in [-0.15, -0.1) is 0 Å². The Morgan fingerprint density at radius 1 is 1.33 bits per heavy atom. The Labute approximate surface area is 54.9 Å². The minimum Gasteiger partial charge on any atom is -0.311 e. The van der Waals surface area contributed by atoms with Crippen molar-refractivity contribution < 1.29 is 10.2 Å². The first-order chi connectivity index (χ1) is 4.21. The average molecular weight is 137 g/mol. The molecular weight excluding hydrogens is 124 g/mol. The predicted octanol–water partition coefficient (Wildman–Crippen LogP) is 1.64. The van der Waals surface area contributed by atoms with Gasteiger partial charge < -0.3 is 5.32 Å². The molecule has 1 rings (SSSR count). The van der Waals surface area contributed by atoms with E-state index in [0.29, 0.717) is 6.42 Å². The molecule has 1 aliphatic heterocycles. The van der Waals surface area contributed by atoms with Crippen molar-refractivity contribution in [3.63, 3.8) is 0 Å². The van der Waals surface area contributed by atoms with E-state index in [4.69, 9.17) is 0 Å². The first-order valence-corrected chi connectivity index (χ1v) is 3.29. The van der Waals surface area contributed by atoms with Gasteiger partial charge in [0, 0.05) is 7.85 Å². The van der Waals surface area contributed by atoms with Crippen molar-refractivity contribution in [2.24, 2.45) is 0 Å². The van der Waals surface area contributed by atoms with Gasteiger partial charge in [0.15, 0.2) is 0 Å². The van der Waals surface area contributed by atoms with Crippen LogP contribution in [0.25, 0.3) is 0 Å². The highest BCUT2D eigenvalue weighted by molar-refractivity contribution is 4.72. The molecule has 0 saturated carbocycles. The van der Waals surface area contributed by atoms with Crippen LogP contribution >= 0.6 is 0 Å². The van der Waals surface area contributed by atoms with Crippen LogP contribution in [0.5, 0.6) is 0 Å². The maximum atomic E-state index is 12.4. The van der Waals surface area contributed by atoms with E-state index in [1.807, 2.05) is 0 Å². The zero-order valence-corrected chi connectivity index (χ0v) is 5.29. The molecule has 0 radical (unpaired) electrons. The molecule has 0 aliphatic carbocycles. The van der Waals surface area contributed by atoms with Crippen LogP contribution in [0, 0.1) is 0 Å². The third-order valence-electron chi connectivity index (χ3n) is 1.53. The summed E-state index contributed by atoms with van der Waals surface area (Å²) in [6.07, 6.45) is 1.59. The predicted molar refractivity (Wildman–Crippen MR) is 33.8 cm³/mol. The highest BCUT2D eigenvalue weighted by atomic mass is 19.3. The van der Waals surface area contributed by atoms with Crippen LogP contribution in [0.2, 0.25) is 0 Å². The van der Waals surface area contributed by atoms with Crippen molar-refractivity contribution in [3.8, 4) is 0 Å². The molecule has 0 bridgehead atoms. The summed E-state index contributed by atoms with van der Waals surface area (Å²) in [7, 11) is 0. The van der Waals surface area contributed by atoms with Gasteiger partial charge in [-0.3, -0.25) is 0 Å². The summed E-state index contributed by atoms with van der Waals surface area (Å²) >= 11 is 0. The molecule has 0 aromatic rings. The first-order valence-electron chi connectivity index (χ1n) is 3.29. The number of rotatable bonds is 0. The molecule has 0 aromatic heterocycles. The van der Waals surface area contributed by atoms with Crippen LogP contribution in [0.3, 0.4) is 0 Å². The molecule has 9 heavy (non-hydrogen) atoms. The summed E-state index contributed by atoms with van der Waals surface area (Å²) < 4.78 is 24.8. The maximum Gasteiger partial charge on any atom is 0.260 e. The van der Waals surface area contributed by atoms with Crippen molar-refractivity contribution in [3.05, 3.63) is 0 Å². The zero-order valence-electron chi connectivity index (χ0n) is 5.29. The molecule has 0 amide bonds. The molecule has 1 saturated heterocycles. The number of nitrogens with one attached hydrogen (secondary N) is 1. The van der Waals surface area contributed by atoms with Crippen molar-refractivity contribution in [1.29, 1.82) is 0 Å². The van der Waals surface area contributed by atoms with E-state index >= 15 is 0 Å². The van der Waals surface area contributed by atoms with E-state index in [0.717, 1.165) is 13.0 Å². The van der Waals surface area contributed by atoms with Gasteiger partial charge in [0.05, 0.1) is 6.54 Å². The maximum absolute atomic E-state index is 12.4. The van der Waals surface area contributed by atoms with Gasteiger partial charge in [0.1, 0.15) is 0 Å². The Kier molecular flexibility index (Phi) is 2.01. The first kappa shape index (κ1) is 6.93. The van der Waals surface area contributed by atoms with E-state index in [-0.39, 0.29) is 14.4 Å². The molecule has 1 N–H and O–H groups in total. The van der Waals surface area contributed by atoms with Gasteiger partial charge in [0.25, 0.3) is 5.92 Å². The quantitative estimate of drug-likeness (QED) is 0.535. The van der Waals surface area contributed by atoms with Crippen LogP contribution in [0.15, 0.2) is 0 Å². The molecule has 1 aliphatic rings. The minimum absolute atomic E-state index is 0. The Morgan fingerprint density at radius 3 is 2.89 bits per heavy atom. The Hall–Kier alpha value is -0.180. The van der Waals surface area contributed by atoms with E-state index < -0.39 is 5.92 Å². The lowest BCUT2D eigenvalue weighted by Crippen LogP contribution is -2.30. The normalized spacial score (nSPS) is 27.3. The topological polar surface area (TPSA) is 12.0 Å². The number of hydrogen-bond acceptors (Lipinski definition) is 1. The molecule has 0 spiro atoms. The average Bonchev–Trinajstić information content (AvgIpc) is 1.92. The Bertz CT molecular complexity index is 87.7. The van der Waals surface area contributed by atoms with E-state index in [9.17, 15) is 8.78 Å². The second-order valence-corrected chi connectivity index (χ2v) is 2.49. The van der Waals surface area contributed by atoms with E-state index in [2.05, 4.69) is 5.32 Å². The summed E-state index contributed by atoms with van der Waals surface area (Å²) in [5.74, 6) is -2.45. The largest absolute Gasteiger partial charge is 0.311 e. The fourth-order valence-corrected chi connectivity index (χ4v) is 0.993. The van der Waals surface area contributed by atoms with Crippen molar-refractivity contribution in [2.45, 2.75) is 25.2 Å². The number of hydrogen-bond donors (Lipinski definition) is 1. The zero-order chi connectivity index (χ0) is 6.74. The van der Waals surface area contributed by atoms with Crippen LogP contribution in [0.1, 0.15) is 20.7 Å². The molecule has 0 unspecified atom stereocenters. The number of halogens is 2. The SMILES string of the molecule is FC1(F)CCCCNC1.[HH]. The fourth-order valence-electron chi connectivity index (χ4n) is 0.993. The highest BCUT2D eigenvalue weighted by Crippen LogP contribution is 2.21. The van der Waals surface area contributed by atoms with Gasteiger partial charge >= 0.3 is 0 Å². The molecule has 1 heterocycles. The lowest BCUT2D eigenvalue weighted by molar-refractivity contribution is -0.00169. The summed E-state index contributed by atoms with van der Waals surface area (Å²) in [5, 5.41) is 2.69. The summed E-state index contributed by atoms with van der Waals surface area (Å²) in [5.41, 5.74) is 0. The lowest BCUT2D eigenvalue weighted by Gasteiger charge is -2.11. The molecule has 1 nitrogen and oxygen atoms in total. The highest BCUT2D eigenvalue weighted by Gasteiger charge is 2.28. The fraction of sp³-hybridized carbons (Fsp3) is 1.00. The molecular formula is C6H13F2N. The number of alkyl halides is 2. The van der Waals surface area contributed by atoms with Gasteiger partial charge in [-0.25, -0.2) is 8.78 Å². The standard InChI is InChI=1S/C6H11F2N.H2/c7-6(8)3-1-2-4-9-5-6;/h9H,1-5H2;1H. The van der Waals surface area contributed by atoms with E-state index in [1.165, 1.54) is 0 Å². The monoisotopic (exact) mass is 137 g/mol. The van der Waals surface area contributed by atoms with Crippen molar-refractivity contribution in [2.75, 3.05) is 13.1 Å². The molecule has 56 valence electrons. The van der Waals surface area contributed by atoms with Gasteiger partial charge in [-0.05, 0) is 19.4 Å².